The summed E-state index contributed by atoms with van der Waals surface area (Å²) in [4.78, 5) is 14.8. The number of amides is 2. The van der Waals surface area contributed by atoms with Gasteiger partial charge >= 0.3 is 6.03 Å². The van der Waals surface area contributed by atoms with E-state index >= 15 is 0 Å². The van der Waals surface area contributed by atoms with E-state index in [0.29, 0.717) is 17.2 Å². The van der Waals surface area contributed by atoms with E-state index in [4.69, 9.17) is 5.26 Å². The molecule has 1 saturated heterocycles. The third kappa shape index (κ3) is 3.64. The highest BCUT2D eigenvalue weighted by Crippen LogP contribution is 2.37. The first-order valence-electron chi connectivity index (χ1n) is 9.26. The van der Waals surface area contributed by atoms with Gasteiger partial charge in [0.25, 0.3) is 0 Å². The molecule has 0 radical (unpaired) electrons. The predicted molar refractivity (Wildman–Crippen MR) is 97.2 cm³/mol. The van der Waals surface area contributed by atoms with Crippen molar-refractivity contribution < 1.29 is 9.90 Å². The summed E-state index contributed by atoms with van der Waals surface area (Å²) in [6.45, 7) is 4.81. The van der Waals surface area contributed by atoms with Crippen LogP contribution in [0.15, 0.2) is 18.2 Å². The first kappa shape index (κ1) is 17.8. The highest BCUT2D eigenvalue weighted by atomic mass is 16.3. The molecule has 1 aromatic carbocycles. The van der Waals surface area contributed by atoms with Gasteiger partial charge in [-0.25, -0.2) is 4.79 Å². The summed E-state index contributed by atoms with van der Waals surface area (Å²) in [5.41, 5.74) is 2.06. The molecule has 1 aromatic rings. The number of hydrogen-bond donors (Lipinski definition) is 2. The standard InChI is InChI=1S/C20H27N3O2/c1-13-8-9-19(24)16(11-13)18-7-4-10-23(18)20(25)22-17-6-3-5-15(12-21)14(17)2/h3,5-6,13,16,18-19,24H,4,7-11H2,1-2H3,(H,22,25)/t13-,16-,18+,19-/m0/s1. The molecule has 1 aliphatic heterocycles. The third-order valence-electron chi connectivity index (χ3n) is 5.87. The molecular weight excluding hydrogens is 314 g/mol. The minimum Gasteiger partial charge on any atom is -0.393 e. The Hall–Kier alpha value is -2.06. The lowest BCUT2D eigenvalue weighted by Gasteiger charge is -2.39. The van der Waals surface area contributed by atoms with Gasteiger partial charge in [0, 0.05) is 24.2 Å². The molecule has 2 amide bonds. The molecule has 134 valence electrons. The van der Waals surface area contributed by atoms with Gasteiger partial charge in [0.2, 0.25) is 0 Å². The monoisotopic (exact) mass is 341 g/mol. The van der Waals surface area contributed by atoms with E-state index in [9.17, 15) is 9.90 Å². The summed E-state index contributed by atoms with van der Waals surface area (Å²) in [7, 11) is 0. The summed E-state index contributed by atoms with van der Waals surface area (Å²) in [5.74, 6) is 0.775. The number of likely N-dealkylation sites (tertiary alicyclic amines) is 1. The Morgan fingerprint density at radius 2 is 2.16 bits per heavy atom. The smallest absolute Gasteiger partial charge is 0.322 e. The highest BCUT2D eigenvalue weighted by molar-refractivity contribution is 5.91. The maximum atomic E-state index is 12.9. The van der Waals surface area contributed by atoms with Crippen LogP contribution in [0.25, 0.3) is 0 Å². The number of rotatable bonds is 2. The average Bonchev–Trinajstić information content (AvgIpc) is 3.08. The quantitative estimate of drug-likeness (QED) is 0.862. The van der Waals surface area contributed by atoms with Crippen LogP contribution < -0.4 is 5.32 Å². The molecule has 3 rings (SSSR count). The van der Waals surface area contributed by atoms with Crippen LogP contribution in [0.5, 0.6) is 0 Å². The van der Waals surface area contributed by atoms with Crippen molar-refractivity contribution in [2.75, 3.05) is 11.9 Å². The van der Waals surface area contributed by atoms with Gasteiger partial charge < -0.3 is 15.3 Å². The second kappa shape index (κ2) is 7.45. The number of benzene rings is 1. The van der Waals surface area contributed by atoms with Crippen molar-refractivity contribution in [3.8, 4) is 6.07 Å². The van der Waals surface area contributed by atoms with Crippen molar-refractivity contribution >= 4 is 11.7 Å². The number of carbonyl (C=O) groups is 1. The number of nitrogens with zero attached hydrogens (tertiary/aromatic N) is 2. The van der Waals surface area contributed by atoms with Crippen LogP contribution in [0.1, 0.15) is 50.2 Å². The van der Waals surface area contributed by atoms with Crippen LogP contribution in [-0.2, 0) is 0 Å². The molecule has 25 heavy (non-hydrogen) atoms. The summed E-state index contributed by atoms with van der Waals surface area (Å²) >= 11 is 0. The SMILES string of the molecule is Cc1c(C#N)cccc1NC(=O)N1CCC[C@@H]1[C@@H]1C[C@@H](C)CC[C@@H]1O. The number of nitriles is 1. The van der Waals surface area contributed by atoms with Gasteiger partial charge in [-0.2, -0.15) is 5.26 Å². The topological polar surface area (TPSA) is 76.4 Å². The van der Waals surface area contributed by atoms with Crippen molar-refractivity contribution in [2.24, 2.45) is 11.8 Å². The van der Waals surface area contributed by atoms with E-state index < -0.39 is 0 Å². The molecule has 0 bridgehead atoms. The van der Waals surface area contributed by atoms with Crippen LogP contribution in [0.3, 0.4) is 0 Å². The fourth-order valence-electron chi connectivity index (χ4n) is 4.39. The number of hydrogen-bond acceptors (Lipinski definition) is 3. The lowest BCUT2D eigenvalue weighted by molar-refractivity contribution is 0.0165. The van der Waals surface area contributed by atoms with E-state index in [1.807, 2.05) is 17.9 Å². The third-order valence-corrected chi connectivity index (χ3v) is 5.87. The Labute approximate surface area is 149 Å². The number of carbonyl (C=O) groups excluding carboxylic acids is 1. The molecule has 5 heteroatoms. The first-order chi connectivity index (χ1) is 12.0. The van der Waals surface area contributed by atoms with E-state index in [1.54, 1.807) is 12.1 Å². The van der Waals surface area contributed by atoms with E-state index in [1.165, 1.54) is 0 Å². The molecular formula is C20H27N3O2. The predicted octanol–water partition coefficient (Wildman–Crippen LogP) is 3.66. The average molecular weight is 341 g/mol. The van der Waals surface area contributed by atoms with Gasteiger partial charge in [-0.3, -0.25) is 0 Å². The molecule has 0 aromatic heterocycles. The summed E-state index contributed by atoms with van der Waals surface area (Å²) in [6, 6.07) is 7.51. The summed E-state index contributed by atoms with van der Waals surface area (Å²) < 4.78 is 0. The van der Waals surface area contributed by atoms with Crippen molar-refractivity contribution in [3.63, 3.8) is 0 Å². The minimum atomic E-state index is -0.307. The molecule has 0 spiro atoms. The van der Waals surface area contributed by atoms with Gasteiger partial charge in [-0.15, -0.1) is 0 Å². The fraction of sp³-hybridized carbons (Fsp3) is 0.600. The molecule has 4 atom stereocenters. The van der Waals surface area contributed by atoms with E-state index in [-0.39, 0.29) is 24.1 Å². The van der Waals surface area contributed by atoms with Gasteiger partial charge in [-0.1, -0.05) is 13.0 Å². The molecule has 0 unspecified atom stereocenters. The second-order valence-corrected chi connectivity index (χ2v) is 7.57. The lowest BCUT2D eigenvalue weighted by atomic mass is 9.76. The Morgan fingerprint density at radius 1 is 1.36 bits per heavy atom. The fourth-order valence-corrected chi connectivity index (χ4v) is 4.39. The summed E-state index contributed by atoms with van der Waals surface area (Å²) in [5, 5.41) is 22.6. The van der Waals surface area contributed by atoms with Crippen LogP contribution in [0, 0.1) is 30.1 Å². The molecule has 2 fully saturated rings. The molecule has 2 N–H and O–H groups in total. The van der Waals surface area contributed by atoms with Gasteiger partial charge in [0.1, 0.15) is 0 Å². The van der Waals surface area contributed by atoms with Crippen LogP contribution in [0.4, 0.5) is 10.5 Å². The Balaban J connectivity index is 1.74. The number of anilines is 1. The molecule has 1 saturated carbocycles. The van der Waals surface area contributed by atoms with Gasteiger partial charge in [0.05, 0.1) is 17.7 Å². The number of aliphatic hydroxyl groups is 1. The highest BCUT2D eigenvalue weighted by Gasteiger charge is 2.40. The van der Waals surface area contributed by atoms with Gasteiger partial charge in [0.15, 0.2) is 0 Å². The number of urea groups is 1. The van der Waals surface area contributed by atoms with Crippen molar-refractivity contribution in [1.82, 2.24) is 4.90 Å². The van der Waals surface area contributed by atoms with Crippen LogP contribution in [0.2, 0.25) is 0 Å². The first-order valence-corrected chi connectivity index (χ1v) is 9.26. The zero-order valence-corrected chi connectivity index (χ0v) is 15.0. The second-order valence-electron chi connectivity index (χ2n) is 7.57. The Bertz CT molecular complexity index is 682. The van der Waals surface area contributed by atoms with Gasteiger partial charge in [-0.05, 0) is 62.6 Å². The zero-order chi connectivity index (χ0) is 18.0. The van der Waals surface area contributed by atoms with Crippen molar-refractivity contribution in [3.05, 3.63) is 29.3 Å². The molecule has 2 aliphatic rings. The number of aliphatic hydroxyl groups excluding tert-OH is 1. The number of nitrogens with one attached hydrogen (secondary N) is 1. The minimum absolute atomic E-state index is 0.109. The molecule has 5 nitrogen and oxygen atoms in total. The largest absolute Gasteiger partial charge is 0.393 e. The maximum Gasteiger partial charge on any atom is 0.322 e. The van der Waals surface area contributed by atoms with Crippen LogP contribution >= 0.6 is 0 Å². The maximum absolute atomic E-state index is 12.9. The Morgan fingerprint density at radius 3 is 2.92 bits per heavy atom. The Kier molecular flexibility index (Phi) is 5.29. The molecule has 1 aliphatic carbocycles. The molecule has 1 heterocycles. The van der Waals surface area contributed by atoms with E-state index in [0.717, 1.165) is 44.2 Å². The zero-order valence-electron chi connectivity index (χ0n) is 15.0. The van der Waals surface area contributed by atoms with Crippen LogP contribution in [-0.4, -0.2) is 34.7 Å². The van der Waals surface area contributed by atoms with E-state index in [2.05, 4.69) is 18.3 Å². The van der Waals surface area contributed by atoms with Crippen molar-refractivity contribution in [1.29, 1.82) is 5.26 Å². The summed E-state index contributed by atoms with van der Waals surface area (Å²) in [6.07, 6.45) is 4.51. The normalized spacial score (nSPS) is 29.3. The van der Waals surface area contributed by atoms with Crippen molar-refractivity contribution in [2.45, 2.75) is 58.1 Å². The lowest BCUT2D eigenvalue weighted by Crippen LogP contribution is -2.47.